The van der Waals surface area contributed by atoms with E-state index in [2.05, 4.69) is 21.1 Å². The number of hydrogen-bond acceptors (Lipinski definition) is 6. The second-order valence-electron chi connectivity index (χ2n) is 7.99. The summed E-state index contributed by atoms with van der Waals surface area (Å²) < 4.78 is 6.98. The fourth-order valence-electron chi connectivity index (χ4n) is 3.70. The highest BCUT2D eigenvalue weighted by Gasteiger charge is 2.44. The van der Waals surface area contributed by atoms with Crippen LogP contribution in [0, 0.1) is 16.7 Å². The van der Waals surface area contributed by atoms with Gasteiger partial charge in [0.15, 0.2) is 0 Å². The highest BCUT2D eigenvalue weighted by molar-refractivity contribution is 6.32. The van der Waals surface area contributed by atoms with Crippen molar-refractivity contribution >= 4 is 39.7 Å². The van der Waals surface area contributed by atoms with Crippen LogP contribution in [0.25, 0.3) is 21.8 Å². The monoisotopic (exact) mass is 447 g/mol. The standard InChI is InChI=1S/C23H18ClN5O3/c24-16-9-18-19(10-20(16)32-13-23(12-25)5-6-23)27-21(26-18)11-17-14-3-1-2-4-15(14)22(31)29(28-17)7-8-30/h1-4,8-10H,5-7,11,13H2,(H,26,27). The minimum atomic E-state index is -0.396. The molecule has 1 aliphatic rings. The van der Waals surface area contributed by atoms with Gasteiger partial charge in [-0.25, -0.2) is 9.67 Å². The summed E-state index contributed by atoms with van der Waals surface area (Å²) in [5, 5.41) is 15.3. The van der Waals surface area contributed by atoms with Crippen molar-refractivity contribution in [3.63, 3.8) is 0 Å². The molecule has 0 unspecified atom stereocenters. The highest BCUT2D eigenvalue weighted by atomic mass is 35.5. The minimum absolute atomic E-state index is 0.114. The van der Waals surface area contributed by atoms with Gasteiger partial charge in [-0.1, -0.05) is 29.8 Å². The van der Waals surface area contributed by atoms with Crippen molar-refractivity contribution < 1.29 is 9.53 Å². The van der Waals surface area contributed by atoms with E-state index in [0.29, 0.717) is 57.9 Å². The lowest BCUT2D eigenvalue weighted by Crippen LogP contribution is -2.25. The number of nitrogens with zero attached hydrogens (tertiary/aromatic N) is 4. The molecule has 0 aliphatic heterocycles. The molecule has 9 heteroatoms. The first kappa shape index (κ1) is 20.2. The third kappa shape index (κ3) is 3.61. The van der Waals surface area contributed by atoms with Gasteiger partial charge >= 0.3 is 0 Å². The van der Waals surface area contributed by atoms with Crippen LogP contribution in [0.4, 0.5) is 0 Å². The van der Waals surface area contributed by atoms with Crippen LogP contribution in [0.3, 0.4) is 0 Å². The first-order chi connectivity index (χ1) is 15.5. The average Bonchev–Trinajstić information content (AvgIpc) is 3.48. The molecule has 160 valence electrons. The molecule has 1 N–H and O–H groups in total. The number of hydrogen-bond donors (Lipinski definition) is 1. The summed E-state index contributed by atoms with van der Waals surface area (Å²) in [7, 11) is 0. The number of halogens is 1. The number of H-pyrrole nitrogens is 1. The van der Waals surface area contributed by atoms with Crippen LogP contribution in [0.2, 0.25) is 5.02 Å². The quantitative estimate of drug-likeness (QED) is 0.434. The van der Waals surface area contributed by atoms with E-state index in [0.717, 1.165) is 18.4 Å². The molecule has 0 atom stereocenters. The molecular weight excluding hydrogens is 430 g/mol. The predicted molar refractivity (Wildman–Crippen MR) is 119 cm³/mol. The number of benzene rings is 2. The summed E-state index contributed by atoms with van der Waals surface area (Å²) in [6.45, 7) is 0.192. The first-order valence-corrected chi connectivity index (χ1v) is 10.5. The van der Waals surface area contributed by atoms with E-state index in [1.54, 1.807) is 24.3 Å². The van der Waals surface area contributed by atoms with Crippen LogP contribution in [0.1, 0.15) is 24.4 Å². The molecule has 1 aliphatic carbocycles. The summed E-state index contributed by atoms with van der Waals surface area (Å²) in [4.78, 5) is 31.4. The fraction of sp³-hybridized carbons (Fsp3) is 0.261. The summed E-state index contributed by atoms with van der Waals surface area (Å²) >= 11 is 6.38. The van der Waals surface area contributed by atoms with E-state index in [4.69, 9.17) is 16.3 Å². The van der Waals surface area contributed by atoms with Crippen LogP contribution in [-0.4, -0.2) is 32.6 Å². The zero-order valence-corrected chi connectivity index (χ0v) is 17.7. The number of aldehydes is 1. The predicted octanol–water partition coefficient (Wildman–Crippen LogP) is 3.40. The molecule has 32 heavy (non-hydrogen) atoms. The van der Waals surface area contributed by atoms with Gasteiger partial charge in [-0.15, -0.1) is 0 Å². The number of carbonyl (C=O) groups is 1. The van der Waals surface area contributed by atoms with Gasteiger partial charge in [0, 0.05) is 11.5 Å². The maximum atomic E-state index is 12.6. The Kier molecular flexibility index (Phi) is 4.91. The first-order valence-electron chi connectivity index (χ1n) is 10.2. The maximum absolute atomic E-state index is 12.6. The number of nitrogens with one attached hydrogen (secondary N) is 1. The minimum Gasteiger partial charge on any atom is -0.490 e. The lowest BCUT2D eigenvalue weighted by atomic mass is 10.1. The van der Waals surface area contributed by atoms with Gasteiger partial charge in [0.1, 0.15) is 31.0 Å². The molecule has 0 saturated heterocycles. The maximum Gasteiger partial charge on any atom is 0.275 e. The van der Waals surface area contributed by atoms with Crippen molar-refractivity contribution in [2.24, 2.45) is 5.41 Å². The van der Waals surface area contributed by atoms with Gasteiger partial charge in [-0.2, -0.15) is 10.4 Å². The Bertz CT molecular complexity index is 1460. The molecule has 2 heterocycles. The molecule has 8 nitrogen and oxygen atoms in total. The molecule has 4 aromatic rings. The molecule has 0 spiro atoms. The van der Waals surface area contributed by atoms with Crippen LogP contribution >= 0.6 is 11.6 Å². The van der Waals surface area contributed by atoms with Crippen LogP contribution in [-0.2, 0) is 17.8 Å². The van der Waals surface area contributed by atoms with Gasteiger partial charge < -0.3 is 14.5 Å². The molecule has 0 amide bonds. The van der Waals surface area contributed by atoms with Crippen molar-refractivity contribution in [2.45, 2.75) is 25.8 Å². The summed E-state index contributed by atoms with van der Waals surface area (Å²) in [5.41, 5.74) is 1.34. The largest absolute Gasteiger partial charge is 0.490 e. The molecule has 5 rings (SSSR count). The molecular formula is C23H18ClN5O3. The lowest BCUT2D eigenvalue weighted by molar-refractivity contribution is -0.108. The number of ether oxygens (including phenoxy) is 1. The topological polar surface area (TPSA) is 114 Å². The van der Waals surface area contributed by atoms with Gasteiger partial charge in [0.25, 0.3) is 5.56 Å². The molecule has 2 aromatic heterocycles. The Balaban J connectivity index is 1.49. The van der Waals surface area contributed by atoms with E-state index >= 15 is 0 Å². The van der Waals surface area contributed by atoms with E-state index in [1.807, 2.05) is 12.1 Å². The lowest BCUT2D eigenvalue weighted by Gasteiger charge is -2.10. The van der Waals surface area contributed by atoms with Gasteiger partial charge in [0.2, 0.25) is 0 Å². The van der Waals surface area contributed by atoms with E-state index in [9.17, 15) is 14.9 Å². The zero-order chi connectivity index (χ0) is 22.3. The number of aromatic nitrogens is 4. The van der Waals surface area contributed by atoms with Gasteiger partial charge in [-0.05, 0) is 25.0 Å². The van der Waals surface area contributed by atoms with E-state index in [1.165, 1.54) is 4.68 Å². The zero-order valence-electron chi connectivity index (χ0n) is 17.0. The number of aromatic amines is 1. The highest BCUT2D eigenvalue weighted by Crippen LogP contribution is 2.45. The molecule has 1 saturated carbocycles. The van der Waals surface area contributed by atoms with Crippen LogP contribution in [0.15, 0.2) is 41.2 Å². The Morgan fingerprint density at radius 1 is 1.28 bits per heavy atom. The fourth-order valence-corrected chi connectivity index (χ4v) is 3.92. The normalized spacial score (nSPS) is 14.4. The van der Waals surface area contributed by atoms with Crippen LogP contribution < -0.4 is 10.3 Å². The smallest absolute Gasteiger partial charge is 0.275 e. The second-order valence-corrected chi connectivity index (χ2v) is 8.39. The Labute approximate surface area is 187 Å². The summed E-state index contributed by atoms with van der Waals surface area (Å²) in [5.74, 6) is 1.12. The number of rotatable bonds is 7. The number of carbonyl (C=O) groups excluding carboxylic acids is 1. The number of nitriles is 1. The Hall–Kier alpha value is -3.70. The summed E-state index contributed by atoms with van der Waals surface area (Å²) in [6, 6.07) is 13.0. The SMILES string of the molecule is N#CC1(COc2cc3nc(Cc4nn(CC=O)c(=O)c5ccccc45)[nH]c3cc2Cl)CC1. The number of imidazole rings is 1. The van der Waals surface area contributed by atoms with Crippen molar-refractivity contribution in [3.05, 3.63) is 63.3 Å². The van der Waals surface area contributed by atoms with Gasteiger partial charge in [-0.3, -0.25) is 4.79 Å². The van der Waals surface area contributed by atoms with Crippen LogP contribution in [0.5, 0.6) is 5.75 Å². The second kappa shape index (κ2) is 7.77. The average molecular weight is 448 g/mol. The Morgan fingerprint density at radius 2 is 2.06 bits per heavy atom. The van der Waals surface area contributed by atoms with Crippen molar-refractivity contribution in [3.8, 4) is 11.8 Å². The molecule has 0 radical (unpaired) electrons. The third-order valence-corrected chi connectivity index (χ3v) is 6.00. The van der Waals surface area contributed by atoms with Crippen molar-refractivity contribution in [2.75, 3.05) is 6.61 Å². The molecule has 1 fully saturated rings. The Morgan fingerprint density at radius 3 is 2.78 bits per heavy atom. The molecule has 0 bridgehead atoms. The molecule has 2 aromatic carbocycles. The van der Waals surface area contributed by atoms with E-state index < -0.39 is 5.41 Å². The van der Waals surface area contributed by atoms with E-state index in [-0.39, 0.29) is 12.1 Å². The van der Waals surface area contributed by atoms with Crippen molar-refractivity contribution in [1.29, 1.82) is 5.26 Å². The summed E-state index contributed by atoms with van der Waals surface area (Å²) in [6.07, 6.45) is 2.65. The van der Waals surface area contributed by atoms with Crippen molar-refractivity contribution in [1.82, 2.24) is 19.7 Å². The van der Waals surface area contributed by atoms with Gasteiger partial charge in [0.05, 0.1) is 45.0 Å². The number of fused-ring (bicyclic) bond motifs is 2. The third-order valence-electron chi connectivity index (χ3n) is 5.71.